The van der Waals surface area contributed by atoms with Crippen molar-refractivity contribution in [2.45, 2.75) is 7.43 Å². The van der Waals surface area contributed by atoms with Crippen molar-refractivity contribution >= 4 is 29.0 Å². The first kappa shape index (κ1) is 13.8. The van der Waals surface area contributed by atoms with Crippen molar-refractivity contribution in [1.82, 2.24) is 0 Å². The van der Waals surface area contributed by atoms with E-state index in [4.69, 9.17) is 23.2 Å². The molecule has 0 amide bonds. The molecule has 0 atom stereocenters. The Morgan fingerprint density at radius 1 is 0.882 bits per heavy atom. The van der Waals surface area contributed by atoms with Crippen molar-refractivity contribution in [2.75, 3.05) is 0 Å². The van der Waals surface area contributed by atoms with Crippen molar-refractivity contribution < 1.29 is 4.79 Å². The van der Waals surface area contributed by atoms with Crippen LogP contribution in [-0.2, 0) is 0 Å². The molecule has 88 valence electrons. The summed E-state index contributed by atoms with van der Waals surface area (Å²) in [6, 6.07) is 13.7. The van der Waals surface area contributed by atoms with Crippen LogP contribution in [0.4, 0.5) is 0 Å². The maximum atomic E-state index is 12.1. The SMILES string of the molecule is C.O=C(c1ccc(Cl)cc1)c1ccccc1Cl. The number of hydrogen-bond donors (Lipinski definition) is 0. The molecule has 3 heteroatoms. The van der Waals surface area contributed by atoms with Crippen molar-refractivity contribution in [3.63, 3.8) is 0 Å². The van der Waals surface area contributed by atoms with E-state index in [1.165, 1.54) is 0 Å². The van der Waals surface area contributed by atoms with E-state index in [9.17, 15) is 4.79 Å². The van der Waals surface area contributed by atoms with Gasteiger partial charge < -0.3 is 0 Å². The molecule has 0 aromatic heterocycles. The summed E-state index contributed by atoms with van der Waals surface area (Å²) in [5.74, 6) is -0.0951. The van der Waals surface area contributed by atoms with Crippen LogP contribution in [0, 0.1) is 0 Å². The lowest BCUT2D eigenvalue weighted by molar-refractivity contribution is 0.103. The number of carbonyl (C=O) groups is 1. The summed E-state index contributed by atoms with van der Waals surface area (Å²) >= 11 is 11.7. The average Bonchev–Trinajstić information content (AvgIpc) is 2.30. The van der Waals surface area contributed by atoms with E-state index in [2.05, 4.69) is 0 Å². The highest BCUT2D eigenvalue weighted by Crippen LogP contribution is 2.20. The second-order valence-corrected chi connectivity index (χ2v) is 4.16. The van der Waals surface area contributed by atoms with Gasteiger partial charge in [0.05, 0.1) is 5.02 Å². The molecule has 0 aliphatic heterocycles. The van der Waals surface area contributed by atoms with Crippen molar-refractivity contribution in [3.8, 4) is 0 Å². The summed E-state index contributed by atoms with van der Waals surface area (Å²) in [5.41, 5.74) is 1.09. The fraction of sp³-hybridized carbons (Fsp3) is 0.0714. The first-order valence-electron chi connectivity index (χ1n) is 4.73. The standard InChI is InChI=1S/C13H8Cl2O.CH4/c14-10-7-5-9(6-8-10)13(16)11-3-1-2-4-12(11)15;/h1-8H;1H4. The summed E-state index contributed by atoms with van der Waals surface area (Å²) in [7, 11) is 0. The lowest BCUT2D eigenvalue weighted by atomic mass is 10.0. The van der Waals surface area contributed by atoms with E-state index in [0.717, 1.165) is 0 Å². The number of carbonyl (C=O) groups excluding carboxylic acids is 1. The first-order valence-corrected chi connectivity index (χ1v) is 5.49. The number of ketones is 1. The second kappa shape index (κ2) is 5.85. The fourth-order valence-electron chi connectivity index (χ4n) is 1.40. The van der Waals surface area contributed by atoms with Gasteiger partial charge in [-0.2, -0.15) is 0 Å². The number of rotatable bonds is 2. The van der Waals surface area contributed by atoms with Gasteiger partial charge in [0.25, 0.3) is 0 Å². The first-order chi connectivity index (χ1) is 7.68. The smallest absolute Gasteiger partial charge is 0.194 e. The molecule has 0 saturated heterocycles. The van der Waals surface area contributed by atoms with Gasteiger partial charge in [-0.15, -0.1) is 0 Å². The van der Waals surface area contributed by atoms with Gasteiger partial charge in [0.15, 0.2) is 5.78 Å². The van der Waals surface area contributed by atoms with Crippen LogP contribution in [0.3, 0.4) is 0 Å². The van der Waals surface area contributed by atoms with Gasteiger partial charge in [0, 0.05) is 16.1 Å². The van der Waals surface area contributed by atoms with E-state index in [1.54, 1.807) is 48.5 Å². The largest absolute Gasteiger partial charge is 0.289 e. The van der Waals surface area contributed by atoms with E-state index >= 15 is 0 Å². The minimum Gasteiger partial charge on any atom is -0.289 e. The summed E-state index contributed by atoms with van der Waals surface area (Å²) < 4.78 is 0. The maximum absolute atomic E-state index is 12.1. The summed E-state index contributed by atoms with van der Waals surface area (Å²) in [6.07, 6.45) is 0. The zero-order valence-corrected chi connectivity index (χ0v) is 9.79. The van der Waals surface area contributed by atoms with E-state index in [0.29, 0.717) is 21.2 Å². The molecule has 0 N–H and O–H groups in total. The Labute approximate surface area is 111 Å². The van der Waals surface area contributed by atoms with Crippen LogP contribution in [-0.4, -0.2) is 5.78 Å². The monoisotopic (exact) mass is 266 g/mol. The third-order valence-electron chi connectivity index (χ3n) is 2.22. The Balaban J connectivity index is 0.00000144. The Bertz CT molecular complexity index is 518. The molecule has 0 fully saturated rings. The molecule has 2 aromatic carbocycles. The van der Waals surface area contributed by atoms with Crippen molar-refractivity contribution in [2.24, 2.45) is 0 Å². The molecule has 2 aromatic rings. The molecule has 0 spiro atoms. The molecule has 0 saturated carbocycles. The minimum atomic E-state index is -0.0951. The average molecular weight is 267 g/mol. The zero-order chi connectivity index (χ0) is 11.5. The van der Waals surface area contributed by atoms with Crippen LogP contribution in [0.1, 0.15) is 23.3 Å². The van der Waals surface area contributed by atoms with Gasteiger partial charge >= 0.3 is 0 Å². The van der Waals surface area contributed by atoms with E-state index in [-0.39, 0.29) is 13.2 Å². The molecule has 0 aliphatic rings. The van der Waals surface area contributed by atoms with Crippen molar-refractivity contribution in [1.29, 1.82) is 0 Å². The predicted molar refractivity (Wildman–Crippen MR) is 73.1 cm³/mol. The topological polar surface area (TPSA) is 17.1 Å². The van der Waals surface area contributed by atoms with Gasteiger partial charge in [-0.25, -0.2) is 0 Å². The predicted octanol–water partition coefficient (Wildman–Crippen LogP) is 4.86. The Kier molecular flexibility index (Phi) is 4.73. The highest BCUT2D eigenvalue weighted by molar-refractivity contribution is 6.35. The molecule has 1 nitrogen and oxygen atoms in total. The van der Waals surface area contributed by atoms with E-state index < -0.39 is 0 Å². The van der Waals surface area contributed by atoms with Crippen LogP contribution in [0.2, 0.25) is 10.0 Å². The normalized spacial score (nSPS) is 9.53. The summed E-state index contributed by atoms with van der Waals surface area (Å²) in [6.45, 7) is 0. The lowest BCUT2D eigenvalue weighted by Gasteiger charge is -2.03. The number of halogens is 2. The molecule has 17 heavy (non-hydrogen) atoms. The Hall–Kier alpha value is -1.31. The second-order valence-electron chi connectivity index (χ2n) is 3.32. The zero-order valence-electron chi connectivity index (χ0n) is 8.28. The molecule has 0 radical (unpaired) electrons. The third-order valence-corrected chi connectivity index (χ3v) is 2.81. The highest BCUT2D eigenvalue weighted by Gasteiger charge is 2.11. The molecule has 0 bridgehead atoms. The number of benzene rings is 2. The lowest BCUT2D eigenvalue weighted by Crippen LogP contribution is -2.01. The van der Waals surface area contributed by atoms with Gasteiger partial charge in [-0.05, 0) is 36.4 Å². The van der Waals surface area contributed by atoms with Crippen LogP contribution >= 0.6 is 23.2 Å². The quantitative estimate of drug-likeness (QED) is 0.710. The highest BCUT2D eigenvalue weighted by atomic mass is 35.5. The van der Waals surface area contributed by atoms with E-state index in [1.807, 2.05) is 0 Å². The molecular weight excluding hydrogens is 255 g/mol. The van der Waals surface area contributed by atoms with Crippen LogP contribution in [0.15, 0.2) is 48.5 Å². The van der Waals surface area contributed by atoms with Gasteiger partial charge in [0.1, 0.15) is 0 Å². The van der Waals surface area contributed by atoms with Gasteiger partial charge in [0.2, 0.25) is 0 Å². The Morgan fingerprint density at radius 2 is 1.47 bits per heavy atom. The van der Waals surface area contributed by atoms with Crippen molar-refractivity contribution in [3.05, 3.63) is 69.7 Å². The minimum absolute atomic E-state index is 0. The van der Waals surface area contributed by atoms with Crippen LogP contribution in [0.25, 0.3) is 0 Å². The molecule has 2 rings (SSSR count). The molecule has 0 unspecified atom stereocenters. The maximum Gasteiger partial charge on any atom is 0.194 e. The number of hydrogen-bond acceptors (Lipinski definition) is 1. The summed E-state index contributed by atoms with van der Waals surface area (Å²) in [5, 5.41) is 1.07. The Morgan fingerprint density at radius 3 is 2.06 bits per heavy atom. The molecular formula is C14H12Cl2O. The summed E-state index contributed by atoms with van der Waals surface area (Å²) in [4.78, 5) is 12.1. The van der Waals surface area contributed by atoms with Crippen LogP contribution < -0.4 is 0 Å². The van der Waals surface area contributed by atoms with Crippen LogP contribution in [0.5, 0.6) is 0 Å². The molecule has 0 aliphatic carbocycles. The van der Waals surface area contributed by atoms with Gasteiger partial charge in [-0.3, -0.25) is 4.79 Å². The fourth-order valence-corrected chi connectivity index (χ4v) is 1.75. The third kappa shape index (κ3) is 3.09. The molecule has 0 heterocycles. The van der Waals surface area contributed by atoms with Gasteiger partial charge in [-0.1, -0.05) is 42.8 Å².